The summed E-state index contributed by atoms with van der Waals surface area (Å²) in [6, 6.07) is 17.1. The molecule has 0 aliphatic heterocycles. The third-order valence-corrected chi connectivity index (χ3v) is 7.10. The maximum atomic E-state index is 13.5. The molecule has 0 unspecified atom stereocenters. The molecule has 38 heavy (non-hydrogen) atoms. The van der Waals surface area contributed by atoms with Crippen molar-refractivity contribution >= 4 is 27.8 Å². The SMILES string of the molecule is COc1ccc(S(=O)(=O)N(CC(=O)N/N=C\c2ccc(OC)c([N+](=O)[O-])c2)Cc2ccccc2)cc1OC. The lowest BCUT2D eigenvalue weighted by molar-refractivity contribution is -0.385. The lowest BCUT2D eigenvalue weighted by Crippen LogP contribution is -2.39. The van der Waals surface area contributed by atoms with E-state index >= 15 is 0 Å². The van der Waals surface area contributed by atoms with Crippen LogP contribution in [0.3, 0.4) is 0 Å². The Balaban J connectivity index is 1.83. The second-order valence-electron chi connectivity index (χ2n) is 7.76. The van der Waals surface area contributed by atoms with Crippen molar-refractivity contribution in [3.05, 3.63) is 88.0 Å². The second kappa shape index (κ2) is 12.7. The number of sulfonamides is 1. The number of carbonyl (C=O) groups excluding carboxylic acids is 1. The van der Waals surface area contributed by atoms with E-state index in [2.05, 4.69) is 10.5 Å². The molecule has 0 aliphatic rings. The Bertz CT molecular complexity index is 1430. The Morgan fingerprint density at radius 3 is 2.26 bits per heavy atom. The van der Waals surface area contributed by atoms with Crippen LogP contribution >= 0.6 is 0 Å². The van der Waals surface area contributed by atoms with E-state index in [4.69, 9.17) is 14.2 Å². The predicted octanol–water partition coefficient (Wildman–Crippen LogP) is 2.96. The zero-order valence-corrected chi connectivity index (χ0v) is 21.7. The Hall–Kier alpha value is -4.49. The number of methoxy groups -OCH3 is 3. The molecule has 3 aromatic carbocycles. The first kappa shape index (κ1) is 28.1. The largest absolute Gasteiger partial charge is 0.493 e. The van der Waals surface area contributed by atoms with Gasteiger partial charge in [0.15, 0.2) is 17.2 Å². The standard InChI is InChI=1S/C25H26N4O8S/c1-35-22-11-9-19(13-21(22)29(31)32)15-26-27-25(30)17-28(16-18-7-5-4-6-8-18)38(33,34)20-10-12-23(36-2)24(14-20)37-3/h4-15H,16-17H2,1-3H3,(H,27,30)/b26-15-. The van der Waals surface area contributed by atoms with Crippen molar-refractivity contribution in [3.8, 4) is 17.2 Å². The van der Waals surface area contributed by atoms with Crippen LogP contribution in [0.1, 0.15) is 11.1 Å². The lowest BCUT2D eigenvalue weighted by Gasteiger charge is -2.22. The number of nitro groups is 1. The van der Waals surface area contributed by atoms with Gasteiger partial charge in [-0.05, 0) is 29.8 Å². The fraction of sp³-hybridized carbons (Fsp3) is 0.200. The van der Waals surface area contributed by atoms with E-state index in [0.29, 0.717) is 16.9 Å². The molecule has 13 heteroatoms. The molecular formula is C25H26N4O8S. The number of nitrogens with zero attached hydrogens (tertiary/aromatic N) is 3. The van der Waals surface area contributed by atoms with E-state index < -0.39 is 27.4 Å². The topological polar surface area (TPSA) is 150 Å². The van der Waals surface area contributed by atoms with Gasteiger partial charge in [0, 0.05) is 24.2 Å². The molecule has 0 fully saturated rings. The van der Waals surface area contributed by atoms with Crippen molar-refractivity contribution in [2.45, 2.75) is 11.4 Å². The van der Waals surface area contributed by atoms with Gasteiger partial charge in [-0.25, -0.2) is 13.8 Å². The zero-order chi connectivity index (χ0) is 27.7. The molecule has 200 valence electrons. The number of nitrogens with one attached hydrogen (secondary N) is 1. The Labute approximate surface area is 219 Å². The van der Waals surface area contributed by atoms with Gasteiger partial charge in [0.05, 0.1) is 43.9 Å². The number of amides is 1. The van der Waals surface area contributed by atoms with Crippen molar-refractivity contribution in [2.24, 2.45) is 5.10 Å². The highest BCUT2D eigenvalue weighted by Crippen LogP contribution is 2.31. The summed E-state index contributed by atoms with van der Waals surface area (Å²) in [7, 11) is -0.0216. The van der Waals surface area contributed by atoms with Gasteiger partial charge < -0.3 is 14.2 Å². The molecule has 12 nitrogen and oxygen atoms in total. The van der Waals surface area contributed by atoms with Crippen LogP contribution in [0.15, 0.2) is 76.7 Å². The quantitative estimate of drug-likeness (QED) is 0.209. The number of nitro benzene ring substituents is 1. The Kier molecular flexibility index (Phi) is 9.35. The number of carbonyl (C=O) groups is 1. The fourth-order valence-electron chi connectivity index (χ4n) is 3.44. The molecular weight excluding hydrogens is 516 g/mol. The summed E-state index contributed by atoms with van der Waals surface area (Å²) >= 11 is 0. The normalized spacial score (nSPS) is 11.4. The highest BCUT2D eigenvalue weighted by Gasteiger charge is 2.28. The summed E-state index contributed by atoms with van der Waals surface area (Å²) in [5, 5.41) is 15.0. The van der Waals surface area contributed by atoms with Gasteiger partial charge in [-0.2, -0.15) is 9.41 Å². The second-order valence-corrected chi connectivity index (χ2v) is 9.69. The highest BCUT2D eigenvalue weighted by atomic mass is 32.2. The average Bonchev–Trinajstić information content (AvgIpc) is 2.92. The third kappa shape index (κ3) is 6.83. The van der Waals surface area contributed by atoms with Crippen LogP contribution in [-0.2, 0) is 21.4 Å². The highest BCUT2D eigenvalue weighted by molar-refractivity contribution is 7.89. The third-order valence-electron chi connectivity index (χ3n) is 5.32. The minimum Gasteiger partial charge on any atom is -0.493 e. The summed E-state index contributed by atoms with van der Waals surface area (Å²) in [4.78, 5) is 23.2. The molecule has 0 atom stereocenters. The zero-order valence-electron chi connectivity index (χ0n) is 20.9. The first-order valence-corrected chi connectivity index (χ1v) is 12.5. The molecule has 3 aromatic rings. The van der Waals surface area contributed by atoms with Crippen molar-refractivity contribution in [1.29, 1.82) is 0 Å². The van der Waals surface area contributed by atoms with Crippen molar-refractivity contribution < 1.29 is 32.3 Å². The van der Waals surface area contributed by atoms with Crippen LogP contribution in [0.25, 0.3) is 0 Å². The number of hydrazone groups is 1. The van der Waals surface area contributed by atoms with E-state index in [9.17, 15) is 23.3 Å². The Morgan fingerprint density at radius 1 is 0.974 bits per heavy atom. The van der Waals surface area contributed by atoms with Gasteiger partial charge in [-0.15, -0.1) is 0 Å². The number of ether oxygens (including phenoxy) is 3. The summed E-state index contributed by atoms with van der Waals surface area (Å²) in [5.41, 5.74) is 3.00. The predicted molar refractivity (Wildman–Crippen MR) is 139 cm³/mol. The van der Waals surface area contributed by atoms with Gasteiger partial charge in [0.2, 0.25) is 10.0 Å². The van der Waals surface area contributed by atoms with Crippen LogP contribution in [0.5, 0.6) is 17.2 Å². The number of hydrogen-bond acceptors (Lipinski definition) is 9. The summed E-state index contributed by atoms with van der Waals surface area (Å²) in [6.07, 6.45) is 1.20. The van der Waals surface area contributed by atoms with Gasteiger partial charge in [0.25, 0.3) is 5.91 Å². The molecule has 0 saturated heterocycles. The van der Waals surface area contributed by atoms with Crippen LogP contribution in [0.4, 0.5) is 5.69 Å². The monoisotopic (exact) mass is 542 g/mol. The van der Waals surface area contributed by atoms with E-state index in [1.807, 2.05) is 0 Å². The van der Waals surface area contributed by atoms with E-state index in [1.165, 1.54) is 63.9 Å². The average molecular weight is 543 g/mol. The van der Waals surface area contributed by atoms with Gasteiger partial charge in [-0.3, -0.25) is 14.9 Å². The van der Waals surface area contributed by atoms with Crippen LogP contribution in [-0.4, -0.2) is 57.6 Å². The summed E-state index contributed by atoms with van der Waals surface area (Å²) in [6.45, 7) is -0.634. The van der Waals surface area contributed by atoms with Gasteiger partial charge in [-0.1, -0.05) is 30.3 Å². The molecule has 1 N–H and O–H groups in total. The molecule has 0 aliphatic carbocycles. The van der Waals surface area contributed by atoms with Crippen molar-refractivity contribution in [1.82, 2.24) is 9.73 Å². The van der Waals surface area contributed by atoms with Crippen molar-refractivity contribution in [3.63, 3.8) is 0 Å². The molecule has 3 rings (SSSR count). The number of benzene rings is 3. The Morgan fingerprint density at radius 2 is 1.63 bits per heavy atom. The van der Waals surface area contributed by atoms with E-state index in [1.54, 1.807) is 30.3 Å². The van der Waals surface area contributed by atoms with Gasteiger partial charge >= 0.3 is 5.69 Å². The maximum Gasteiger partial charge on any atom is 0.311 e. The van der Waals surface area contributed by atoms with Gasteiger partial charge in [0.1, 0.15) is 0 Å². The first-order valence-electron chi connectivity index (χ1n) is 11.1. The van der Waals surface area contributed by atoms with E-state index in [-0.39, 0.29) is 28.6 Å². The van der Waals surface area contributed by atoms with Crippen molar-refractivity contribution in [2.75, 3.05) is 27.9 Å². The maximum absolute atomic E-state index is 13.5. The van der Waals surface area contributed by atoms with E-state index in [0.717, 1.165) is 4.31 Å². The number of hydrogen-bond donors (Lipinski definition) is 1. The molecule has 0 aromatic heterocycles. The molecule has 0 radical (unpaired) electrons. The van der Waals surface area contributed by atoms with Crippen LogP contribution in [0.2, 0.25) is 0 Å². The molecule has 0 saturated carbocycles. The lowest BCUT2D eigenvalue weighted by atomic mass is 10.2. The molecule has 0 spiro atoms. The summed E-state index contributed by atoms with van der Waals surface area (Å²) in [5.74, 6) is -0.0693. The fourth-order valence-corrected chi connectivity index (χ4v) is 4.84. The molecule has 1 amide bonds. The first-order chi connectivity index (χ1) is 18.2. The van der Waals surface area contributed by atoms with Crippen LogP contribution in [0, 0.1) is 10.1 Å². The minimum absolute atomic E-state index is 0.0770. The minimum atomic E-state index is -4.16. The summed E-state index contributed by atoms with van der Waals surface area (Å²) < 4.78 is 43.4. The number of rotatable bonds is 12. The van der Waals surface area contributed by atoms with Crippen LogP contribution < -0.4 is 19.6 Å². The molecule has 0 bridgehead atoms. The molecule has 0 heterocycles. The smallest absolute Gasteiger partial charge is 0.311 e.